The molecule has 0 spiro atoms. The number of non-ortho nitro benzene ring substituents is 1. The van der Waals surface area contributed by atoms with Crippen LogP contribution in [0.25, 0.3) is 11.3 Å². The number of ether oxygens (including phenoxy) is 1. The topological polar surface area (TPSA) is 140 Å². The van der Waals surface area contributed by atoms with Crippen molar-refractivity contribution in [3.63, 3.8) is 0 Å². The Morgan fingerprint density at radius 3 is 2.74 bits per heavy atom. The van der Waals surface area contributed by atoms with Crippen molar-refractivity contribution < 1.29 is 14.5 Å². The summed E-state index contributed by atoms with van der Waals surface area (Å²) in [6.07, 6.45) is 0. The van der Waals surface area contributed by atoms with Crippen molar-refractivity contribution in [3.05, 3.63) is 34.0 Å². The maximum atomic E-state index is 11.5. The molecule has 2 heterocycles. The summed E-state index contributed by atoms with van der Waals surface area (Å²) in [5.41, 5.74) is 6.49. The van der Waals surface area contributed by atoms with Crippen LogP contribution in [0.1, 0.15) is 10.5 Å². The first-order valence-corrected chi connectivity index (χ1v) is 6.90. The molecule has 10 nitrogen and oxygen atoms in total. The van der Waals surface area contributed by atoms with Crippen LogP contribution in [0.5, 0.6) is 0 Å². The third-order valence-electron chi connectivity index (χ3n) is 3.58. The zero-order chi connectivity index (χ0) is 16.4. The van der Waals surface area contributed by atoms with Gasteiger partial charge < -0.3 is 15.4 Å². The highest BCUT2D eigenvalue weighted by Gasteiger charge is 2.24. The summed E-state index contributed by atoms with van der Waals surface area (Å²) in [5.74, 6) is -0.756. The molecule has 2 aromatic rings. The molecule has 1 amide bonds. The number of primary amides is 1. The number of nitrogens with zero attached hydrogens (tertiary/aromatic N) is 4. The van der Waals surface area contributed by atoms with E-state index < -0.39 is 10.8 Å². The molecular formula is C13H14N6O4. The molecule has 3 N–H and O–H groups in total. The molecule has 0 saturated carbocycles. The highest BCUT2D eigenvalue weighted by atomic mass is 16.6. The first kappa shape index (κ1) is 14.9. The third-order valence-corrected chi connectivity index (χ3v) is 3.58. The number of morpholine rings is 1. The zero-order valence-electron chi connectivity index (χ0n) is 12.1. The number of nitro benzene ring substituents is 1. The van der Waals surface area contributed by atoms with Crippen LogP contribution in [-0.2, 0) is 4.74 Å². The molecule has 0 aliphatic carbocycles. The molecule has 0 atom stereocenters. The zero-order valence-corrected chi connectivity index (χ0v) is 12.1. The van der Waals surface area contributed by atoms with E-state index in [0.29, 0.717) is 31.9 Å². The standard InChI is InChI=1S/C13H14N6O4/c14-13(20)12-11(15-17-16-12)9-7-8(19(21)22)1-2-10(9)18-3-5-23-6-4-18/h1-2,7H,3-6H2,(H2,14,20)(H,15,16,17). The predicted molar refractivity (Wildman–Crippen MR) is 80.0 cm³/mol. The summed E-state index contributed by atoms with van der Waals surface area (Å²) in [5, 5.41) is 21.1. The summed E-state index contributed by atoms with van der Waals surface area (Å²) in [7, 11) is 0. The van der Waals surface area contributed by atoms with Crippen LogP contribution in [0.3, 0.4) is 0 Å². The molecule has 1 aliphatic rings. The Hall–Kier alpha value is -3.01. The van der Waals surface area contributed by atoms with Crippen molar-refractivity contribution in [2.45, 2.75) is 0 Å². The van der Waals surface area contributed by atoms with E-state index in [-0.39, 0.29) is 17.1 Å². The lowest BCUT2D eigenvalue weighted by Crippen LogP contribution is -2.36. The van der Waals surface area contributed by atoms with Gasteiger partial charge in [0.2, 0.25) is 0 Å². The first-order valence-electron chi connectivity index (χ1n) is 6.90. The van der Waals surface area contributed by atoms with Gasteiger partial charge in [-0.2, -0.15) is 15.4 Å². The molecule has 1 saturated heterocycles. The summed E-state index contributed by atoms with van der Waals surface area (Å²) in [6, 6.07) is 4.42. The summed E-state index contributed by atoms with van der Waals surface area (Å²) in [6.45, 7) is 2.37. The number of nitrogens with two attached hydrogens (primary N) is 1. The lowest BCUT2D eigenvalue weighted by atomic mass is 10.0. The minimum absolute atomic E-state index is 0.0555. The third kappa shape index (κ3) is 2.83. The number of carbonyl (C=O) groups is 1. The molecule has 1 aromatic carbocycles. The minimum atomic E-state index is -0.756. The van der Waals surface area contributed by atoms with E-state index in [4.69, 9.17) is 10.5 Å². The van der Waals surface area contributed by atoms with Crippen molar-refractivity contribution in [1.29, 1.82) is 0 Å². The molecule has 0 radical (unpaired) electrons. The minimum Gasteiger partial charge on any atom is -0.378 e. The Labute approximate surface area is 130 Å². The number of nitro groups is 1. The molecule has 23 heavy (non-hydrogen) atoms. The van der Waals surface area contributed by atoms with E-state index in [9.17, 15) is 14.9 Å². The molecular weight excluding hydrogens is 304 g/mol. The Balaban J connectivity index is 2.14. The maximum Gasteiger partial charge on any atom is 0.271 e. The molecule has 10 heteroatoms. The number of rotatable bonds is 4. The fraction of sp³-hybridized carbons (Fsp3) is 0.308. The van der Waals surface area contributed by atoms with Crippen molar-refractivity contribution in [3.8, 4) is 11.3 Å². The van der Waals surface area contributed by atoms with E-state index >= 15 is 0 Å². The lowest BCUT2D eigenvalue weighted by Gasteiger charge is -2.30. The van der Waals surface area contributed by atoms with Crippen molar-refractivity contribution in [1.82, 2.24) is 15.4 Å². The molecule has 1 aromatic heterocycles. The van der Waals surface area contributed by atoms with E-state index in [1.165, 1.54) is 12.1 Å². The van der Waals surface area contributed by atoms with Crippen LogP contribution < -0.4 is 10.6 Å². The Morgan fingerprint density at radius 2 is 2.09 bits per heavy atom. The van der Waals surface area contributed by atoms with Crippen molar-refractivity contribution in [2.75, 3.05) is 31.2 Å². The number of H-pyrrole nitrogens is 1. The molecule has 120 valence electrons. The number of carbonyl (C=O) groups excluding carboxylic acids is 1. The van der Waals surface area contributed by atoms with Gasteiger partial charge in [-0.05, 0) is 6.07 Å². The molecule has 3 rings (SSSR count). The summed E-state index contributed by atoms with van der Waals surface area (Å²) in [4.78, 5) is 24.1. The van der Waals surface area contributed by atoms with Gasteiger partial charge in [-0.15, -0.1) is 0 Å². The van der Waals surface area contributed by atoms with Gasteiger partial charge in [0.1, 0.15) is 5.69 Å². The van der Waals surface area contributed by atoms with Crippen LogP contribution in [0.4, 0.5) is 11.4 Å². The van der Waals surface area contributed by atoms with Gasteiger partial charge in [0.25, 0.3) is 11.6 Å². The van der Waals surface area contributed by atoms with Gasteiger partial charge in [-0.3, -0.25) is 14.9 Å². The van der Waals surface area contributed by atoms with Gasteiger partial charge >= 0.3 is 0 Å². The van der Waals surface area contributed by atoms with Crippen LogP contribution >= 0.6 is 0 Å². The quantitative estimate of drug-likeness (QED) is 0.610. The van der Waals surface area contributed by atoms with Crippen LogP contribution in [-0.4, -0.2) is 52.5 Å². The average Bonchev–Trinajstić information content (AvgIpc) is 3.05. The monoisotopic (exact) mass is 318 g/mol. The van der Waals surface area contributed by atoms with Gasteiger partial charge in [-0.25, -0.2) is 0 Å². The molecule has 0 unspecified atom stereocenters. The summed E-state index contributed by atoms with van der Waals surface area (Å²) >= 11 is 0. The number of aromatic nitrogens is 3. The Bertz CT molecular complexity index is 753. The Morgan fingerprint density at radius 1 is 1.35 bits per heavy atom. The number of amides is 1. The van der Waals surface area contributed by atoms with E-state index in [2.05, 4.69) is 15.4 Å². The molecule has 0 bridgehead atoms. The second kappa shape index (κ2) is 6.01. The largest absolute Gasteiger partial charge is 0.378 e. The normalized spacial score (nSPS) is 14.7. The average molecular weight is 318 g/mol. The smallest absolute Gasteiger partial charge is 0.271 e. The summed E-state index contributed by atoms with van der Waals surface area (Å²) < 4.78 is 5.32. The van der Waals surface area contributed by atoms with E-state index in [1.54, 1.807) is 6.07 Å². The van der Waals surface area contributed by atoms with E-state index in [0.717, 1.165) is 5.69 Å². The first-order chi connectivity index (χ1) is 11.1. The molecule has 1 aliphatic heterocycles. The highest BCUT2D eigenvalue weighted by molar-refractivity contribution is 5.98. The number of benzene rings is 1. The Kier molecular flexibility index (Phi) is 3.89. The fourth-order valence-electron chi connectivity index (χ4n) is 2.50. The van der Waals surface area contributed by atoms with E-state index in [1.807, 2.05) is 4.90 Å². The number of hydrogen-bond acceptors (Lipinski definition) is 7. The van der Waals surface area contributed by atoms with Crippen LogP contribution in [0.15, 0.2) is 18.2 Å². The second-order valence-corrected chi connectivity index (χ2v) is 4.94. The van der Waals surface area contributed by atoms with Crippen LogP contribution in [0, 0.1) is 10.1 Å². The number of nitrogens with one attached hydrogen (secondary N) is 1. The highest BCUT2D eigenvalue weighted by Crippen LogP contribution is 2.34. The number of hydrogen-bond donors (Lipinski definition) is 2. The molecule has 1 fully saturated rings. The fourth-order valence-corrected chi connectivity index (χ4v) is 2.50. The predicted octanol–water partition coefficient (Wildman–Crippen LogP) is 0.315. The maximum absolute atomic E-state index is 11.5. The van der Waals surface area contributed by atoms with Crippen molar-refractivity contribution >= 4 is 17.3 Å². The second-order valence-electron chi connectivity index (χ2n) is 4.94. The van der Waals surface area contributed by atoms with Crippen LogP contribution in [0.2, 0.25) is 0 Å². The SMILES string of the molecule is NC(=O)c1n[nH]nc1-c1cc([N+](=O)[O-])ccc1N1CCOCC1. The van der Waals surface area contributed by atoms with Gasteiger partial charge in [0, 0.05) is 36.5 Å². The number of anilines is 1. The van der Waals surface area contributed by atoms with Gasteiger partial charge in [0.15, 0.2) is 5.69 Å². The number of aromatic amines is 1. The van der Waals surface area contributed by atoms with Gasteiger partial charge in [-0.1, -0.05) is 0 Å². The van der Waals surface area contributed by atoms with Crippen molar-refractivity contribution in [2.24, 2.45) is 5.73 Å². The lowest BCUT2D eigenvalue weighted by molar-refractivity contribution is -0.384. The van der Waals surface area contributed by atoms with Gasteiger partial charge in [0.05, 0.1) is 18.1 Å².